The molecule has 1 amide bonds. The van der Waals surface area contributed by atoms with Crippen LogP contribution in [-0.4, -0.2) is 51.2 Å². The van der Waals surface area contributed by atoms with Crippen LogP contribution in [0.2, 0.25) is 0 Å². The van der Waals surface area contributed by atoms with Gasteiger partial charge < -0.3 is 10.2 Å². The zero-order chi connectivity index (χ0) is 20.2. The maximum absolute atomic E-state index is 13.9. The molecule has 1 fully saturated rings. The lowest BCUT2D eigenvalue weighted by atomic mass is 9.91. The van der Waals surface area contributed by atoms with E-state index >= 15 is 0 Å². The van der Waals surface area contributed by atoms with E-state index in [9.17, 15) is 9.18 Å². The summed E-state index contributed by atoms with van der Waals surface area (Å²) in [6.45, 7) is 6.48. The molecule has 1 atom stereocenters. The summed E-state index contributed by atoms with van der Waals surface area (Å²) in [6.07, 6.45) is 4.36. The Labute approximate surface area is 175 Å². The molecule has 2 heterocycles. The van der Waals surface area contributed by atoms with Crippen LogP contribution in [0.4, 0.5) is 4.39 Å². The molecule has 0 radical (unpaired) electrons. The number of halogens is 1. The van der Waals surface area contributed by atoms with Crippen molar-refractivity contribution in [1.82, 2.24) is 20.0 Å². The van der Waals surface area contributed by atoms with Crippen molar-refractivity contribution in [2.24, 2.45) is 0 Å². The molecule has 154 valence electrons. The van der Waals surface area contributed by atoms with Crippen molar-refractivity contribution in [3.05, 3.63) is 65.3 Å². The first kappa shape index (κ1) is 20.2. The molecule has 1 aliphatic carbocycles. The molecule has 29 heavy (non-hydrogen) atoms. The quantitative estimate of drug-likeness (QED) is 0.739. The van der Waals surface area contributed by atoms with Crippen LogP contribution < -0.4 is 5.32 Å². The number of hydrogen-bond donors (Lipinski definition) is 1. The van der Waals surface area contributed by atoms with Gasteiger partial charge in [0, 0.05) is 54.0 Å². The summed E-state index contributed by atoms with van der Waals surface area (Å²) >= 11 is 1.89. The number of thioether (sulfide) groups is 1. The highest BCUT2D eigenvalue weighted by atomic mass is 32.2. The number of nitrogens with zero attached hydrogens (tertiary/aromatic N) is 3. The monoisotopic (exact) mass is 414 g/mol. The lowest BCUT2D eigenvalue weighted by Gasteiger charge is -2.27. The van der Waals surface area contributed by atoms with Gasteiger partial charge in [-0.15, -0.1) is 6.58 Å². The lowest BCUT2D eigenvalue weighted by Crippen LogP contribution is -2.39. The molecule has 5 nitrogen and oxygen atoms in total. The largest absolute Gasteiger partial charge is 0.336 e. The minimum atomic E-state index is -0.186. The van der Waals surface area contributed by atoms with Gasteiger partial charge in [0.2, 0.25) is 0 Å². The third-order valence-electron chi connectivity index (χ3n) is 5.69. The van der Waals surface area contributed by atoms with E-state index in [0.717, 1.165) is 55.1 Å². The fraction of sp³-hybridized carbons (Fsp3) is 0.455. The molecule has 1 aromatic heterocycles. The van der Waals surface area contributed by atoms with Crippen molar-refractivity contribution >= 4 is 17.7 Å². The van der Waals surface area contributed by atoms with Gasteiger partial charge in [-0.25, -0.2) is 4.39 Å². The molecule has 0 unspecified atom stereocenters. The van der Waals surface area contributed by atoms with E-state index < -0.39 is 0 Å². The fourth-order valence-electron chi connectivity index (χ4n) is 4.12. The highest BCUT2D eigenvalue weighted by Crippen LogP contribution is 2.27. The van der Waals surface area contributed by atoms with Crippen LogP contribution in [0.25, 0.3) is 0 Å². The number of carbonyl (C=O) groups is 1. The highest BCUT2D eigenvalue weighted by Gasteiger charge is 2.31. The molecule has 2 aromatic rings. The Morgan fingerprint density at radius 3 is 2.90 bits per heavy atom. The topological polar surface area (TPSA) is 50.2 Å². The van der Waals surface area contributed by atoms with Crippen molar-refractivity contribution in [2.45, 2.75) is 38.4 Å². The van der Waals surface area contributed by atoms with Crippen LogP contribution in [0.15, 0.2) is 36.9 Å². The van der Waals surface area contributed by atoms with Gasteiger partial charge in [0.25, 0.3) is 5.91 Å². The van der Waals surface area contributed by atoms with E-state index in [1.54, 1.807) is 6.07 Å². The number of allylic oxidation sites excluding steroid dienone is 1. The van der Waals surface area contributed by atoms with Gasteiger partial charge in [-0.1, -0.05) is 24.3 Å². The number of nitrogens with one attached hydrogen (secondary N) is 1. The van der Waals surface area contributed by atoms with Crippen molar-refractivity contribution in [1.29, 1.82) is 0 Å². The number of rotatable bonds is 6. The predicted octanol–water partition coefficient (Wildman–Crippen LogP) is 3.04. The average molecular weight is 415 g/mol. The number of amides is 1. The molecule has 1 saturated heterocycles. The molecule has 2 aliphatic rings. The fourth-order valence-corrected chi connectivity index (χ4v) is 5.02. The SMILES string of the molecule is C=CCn1nc(C(=O)N2CCSCC2)c2c1CC[C@@H](NCc1ccccc1F)C2. The van der Waals surface area contributed by atoms with E-state index in [1.165, 1.54) is 6.07 Å². The second kappa shape index (κ2) is 9.13. The third kappa shape index (κ3) is 4.41. The minimum Gasteiger partial charge on any atom is -0.336 e. The van der Waals surface area contributed by atoms with E-state index in [1.807, 2.05) is 39.6 Å². The molecule has 1 aromatic carbocycles. The van der Waals surface area contributed by atoms with E-state index in [4.69, 9.17) is 0 Å². The van der Waals surface area contributed by atoms with Gasteiger partial charge in [0.05, 0.1) is 6.54 Å². The molecule has 4 rings (SSSR count). The van der Waals surface area contributed by atoms with E-state index in [2.05, 4.69) is 17.0 Å². The molecule has 0 bridgehead atoms. The number of hydrogen-bond acceptors (Lipinski definition) is 4. The summed E-state index contributed by atoms with van der Waals surface area (Å²) in [5.74, 6) is 1.82. The molecular weight excluding hydrogens is 387 g/mol. The standard InChI is InChI=1S/C22H27FN4OS/c1-2-9-27-20-8-7-17(24-15-16-5-3-4-6-19(16)23)14-18(20)21(25-27)22(28)26-10-12-29-13-11-26/h2-6,17,24H,1,7-15H2/t17-/m1/s1. The number of fused-ring (bicyclic) bond motifs is 1. The Balaban J connectivity index is 1.53. The van der Waals surface area contributed by atoms with Gasteiger partial charge in [0.1, 0.15) is 5.82 Å². The molecule has 1 N–H and O–H groups in total. The van der Waals surface area contributed by atoms with Gasteiger partial charge in [-0.3, -0.25) is 9.48 Å². The smallest absolute Gasteiger partial charge is 0.274 e. The van der Waals surface area contributed by atoms with Crippen molar-refractivity contribution in [3.8, 4) is 0 Å². The van der Waals surface area contributed by atoms with Crippen LogP contribution in [0, 0.1) is 5.82 Å². The first-order chi connectivity index (χ1) is 14.2. The first-order valence-electron chi connectivity index (χ1n) is 10.2. The second-order valence-corrected chi connectivity index (χ2v) is 8.79. The molecule has 1 aliphatic heterocycles. The summed E-state index contributed by atoms with van der Waals surface area (Å²) in [5.41, 5.74) is 3.45. The van der Waals surface area contributed by atoms with Crippen LogP contribution >= 0.6 is 11.8 Å². The number of aromatic nitrogens is 2. The van der Waals surface area contributed by atoms with Gasteiger partial charge in [-0.05, 0) is 25.3 Å². The number of carbonyl (C=O) groups excluding carboxylic acids is 1. The van der Waals surface area contributed by atoms with Gasteiger partial charge in [-0.2, -0.15) is 16.9 Å². The van der Waals surface area contributed by atoms with Crippen LogP contribution in [0.1, 0.15) is 33.7 Å². The van der Waals surface area contributed by atoms with Crippen LogP contribution in [0.3, 0.4) is 0 Å². The van der Waals surface area contributed by atoms with Gasteiger partial charge in [0.15, 0.2) is 5.69 Å². The van der Waals surface area contributed by atoms with Crippen molar-refractivity contribution in [2.75, 3.05) is 24.6 Å². The molecule has 7 heteroatoms. The Morgan fingerprint density at radius 2 is 2.14 bits per heavy atom. The second-order valence-electron chi connectivity index (χ2n) is 7.56. The van der Waals surface area contributed by atoms with E-state index in [-0.39, 0.29) is 17.8 Å². The Bertz CT molecular complexity index is 891. The summed E-state index contributed by atoms with van der Waals surface area (Å²) in [7, 11) is 0. The average Bonchev–Trinajstić information content (AvgIpc) is 3.11. The lowest BCUT2D eigenvalue weighted by molar-refractivity contribution is 0.0764. The normalized spacial score (nSPS) is 19.1. The Hall–Kier alpha value is -2.12. The predicted molar refractivity (Wildman–Crippen MR) is 115 cm³/mol. The molecular formula is C22H27FN4OS. The Morgan fingerprint density at radius 1 is 1.34 bits per heavy atom. The number of benzene rings is 1. The third-order valence-corrected chi connectivity index (χ3v) is 6.63. The van der Waals surface area contributed by atoms with Crippen LogP contribution in [-0.2, 0) is 25.9 Å². The van der Waals surface area contributed by atoms with Crippen molar-refractivity contribution < 1.29 is 9.18 Å². The maximum atomic E-state index is 13.9. The minimum absolute atomic E-state index is 0.0408. The summed E-state index contributed by atoms with van der Waals surface area (Å²) in [6, 6.07) is 7.06. The highest BCUT2D eigenvalue weighted by molar-refractivity contribution is 7.99. The zero-order valence-electron chi connectivity index (χ0n) is 16.6. The zero-order valence-corrected chi connectivity index (χ0v) is 17.4. The van der Waals surface area contributed by atoms with Gasteiger partial charge >= 0.3 is 0 Å². The summed E-state index contributed by atoms with van der Waals surface area (Å²) in [4.78, 5) is 15.1. The summed E-state index contributed by atoms with van der Waals surface area (Å²) in [5, 5.41) is 8.16. The van der Waals surface area contributed by atoms with Crippen molar-refractivity contribution in [3.63, 3.8) is 0 Å². The van der Waals surface area contributed by atoms with Crippen LogP contribution in [0.5, 0.6) is 0 Å². The molecule has 0 saturated carbocycles. The maximum Gasteiger partial charge on any atom is 0.274 e. The first-order valence-corrected chi connectivity index (χ1v) is 11.4. The summed E-state index contributed by atoms with van der Waals surface area (Å²) < 4.78 is 15.9. The molecule has 0 spiro atoms. The van der Waals surface area contributed by atoms with E-state index in [0.29, 0.717) is 24.3 Å². The Kier molecular flexibility index (Phi) is 6.35.